The number of aromatic hydroxyl groups is 1. The smallest absolute Gasteiger partial charge is 0.205 e. The molecule has 1 fully saturated rings. The Morgan fingerprint density at radius 2 is 1.93 bits per heavy atom. The predicted octanol–water partition coefficient (Wildman–Crippen LogP) is 5.11. The lowest BCUT2D eigenvalue weighted by Gasteiger charge is -2.30. The number of nitrogens with zero attached hydrogens (tertiary/aromatic N) is 2. The van der Waals surface area contributed by atoms with E-state index in [1.165, 1.54) is 12.8 Å². The molecule has 0 atom stereocenters. The number of hydrogen-bond donors (Lipinski definition) is 1. The van der Waals surface area contributed by atoms with Crippen molar-refractivity contribution < 1.29 is 14.6 Å². The van der Waals surface area contributed by atoms with Gasteiger partial charge in [0.1, 0.15) is 6.61 Å². The van der Waals surface area contributed by atoms with Crippen LogP contribution in [0.5, 0.6) is 17.4 Å². The first-order chi connectivity index (χ1) is 14.1. The molecule has 3 aromatic rings. The number of rotatable bonds is 6. The van der Waals surface area contributed by atoms with E-state index in [2.05, 4.69) is 11.8 Å². The molecule has 29 heavy (non-hydrogen) atoms. The van der Waals surface area contributed by atoms with Crippen LogP contribution in [0.2, 0.25) is 5.02 Å². The lowest BCUT2D eigenvalue weighted by Crippen LogP contribution is -2.35. The zero-order valence-electron chi connectivity index (χ0n) is 16.9. The minimum absolute atomic E-state index is 0.115. The van der Waals surface area contributed by atoms with E-state index >= 15 is 0 Å². The second-order valence-corrected chi connectivity index (χ2v) is 8.14. The highest BCUT2D eigenvalue weighted by Gasteiger charge is 2.17. The molecule has 2 aromatic carbocycles. The maximum atomic E-state index is 10.7. The molecule has 0 saturated carbocycles. The minimum atomic E-state index is 0.115. The van der Waals surface area contributed by atoms with Crippen LogP contribution in [-0.2, 0) is 0 Å². The molecule has 1 N–H and O–H groups in total. The molecule has 1 aromatic heterocycles. The summed E-state index contributed by atoms with van der Waals surface area (Å²) in [5.41, 5.74) is 0.789. The summed E-state index contributed by atoms with van der Waals surface area (Å²) in [5, 5.41) is 12.8. The molecule has 0 spiro atoms. The largest absolute Gasteiger partial charge is 0.494 e. The zero-order chi connectivity index (χ0) is 20.4. The Bertz CT molecular complexity index is 993. The number of ether oxygens (including phenoxy) is 2. The molecule has 0 amide bonds. The first-order valence-electron chi connectivity index (χ1n) is 10.1. The molecule has 1 saturated heterocycles. The standard InChI is InChI=1S/C23H27ClN2O3/c1-16-8-10-25(11-9-16)12-13-29-21-14-18(6-7-20(21)28-2)26-15-17-4-3-5-19(24)22(17)23(26)27/h3-7,14-16,27H,8-13H2,1-2H3. The van der Waals surface area contributed by atoms with Crippen LogP contribution in [0.4, 0.5) is 0 Å². The third kappa shape index (κ3) is 4.16. The first kappa shape index (κ1) is 19.9. The van der Waals surface area contributed by atoms with Gasteiger partial charge in [0.05, 0.1) is 23.2 Å². The van der Waals surface area contributed by atoms with Crippen LogP contribution in [0.15, 0.2) is 42.6 Å². The Kier molecular flexibility index (Phi) is 5.88. The van der Waals surface area contributed by atoms with Crippen LogP contribution in [0.25, 0.3) is 16.5 Å². The minimum Gasteiger partial charge on any atom is -0.494 e. The highest BCUT2D eigenvalue weighted by molar-refractivity contribution is 6.36. The SMILES string of the molecule is COc1ccc(-n2cc3cccc(Cl)c3c2O)cc1OCCN1CCC(C)CC1. The summed E-state index contributed by atoms with van der Waals surface area (Å²) in [4.78, 5) is 2.45. The third-order valence-electron chi connectivity index (χ3n) is 5.73. The van der Waals surface area contributed by atoms with Gasteiger partial charge in [-0.2, -0.15) is 0 Å². The first-order valence-corrected chi connectivity index (χ1v) is 10.5. The Morgan fingerprint density at radius 1 is 1.14 bits per heavy atom. The van der Waals surface area contributed by atoms with Crippen molar-refractivity contribution in [2.45, 2.75) is 19.8 Å². The van der Waals surface area contributed by atoms with Crippen molar-refractivity contribution in [3.05, 3.63) is 47.6 Å². The maximum absolute atomic E-state index is 10.7. The van der Waals surface area contributed by atoms with Gasteiger partial charge in [-0.25, -0.2) is 0 Å². The van der Waals surface area contributed by atoms with E-state index in [0.29, 0.717) is 28.5 Å². The van der Waals surface area contributed by atoms with Crippen molar-refractivity contribution in [1.82, 2.24) is 9.47 Å². The van der Waals surface area contributed by atoms with Crippen LogP contribution in [0, 0.1) is 5.92 Å². The van der Waals surface area contributed by atoms with Gasteiger partial charge < -0.3 is 14.6 Å². The Morgan fingerprint density at radius 3 is 2.66 bits per heavy atom. The fourth-order valence-electron chi connectivity index (χ4n) is 3.90. The normalized spacial score (nSPS) is 15.7. The number of benzene rings is 2. The molecule has 5 nitrogen and oxygen atoms in total. The van der Waals surface area contributed by atoms with Gasteiger partial charge in [-0.15, -0.1) is 0 Å². The summed E-state index contributed by atoms with van der Waals surface area (Å²) in [7, 11) is 1.63. The van der Waals surface area contributed by atoms with E-state index in [1.807, 2.05) is 36.5 Å². The number of likely N-dealkylation sites (tertiary alicyclic amines) is 1. The molecule has 4 rings (SSSR count). The fraction of sp³-hybridized carbons (Fsp3) is 0.391. The number of methoxy groups -OCH3 is 1. The van der Waals surface area contributed by atoms with Crippen LogP contribution < -0.4 is 9.47 Å². The highest BCUT2D eigenvalue weighted by Crippen LogP contribution is 2.37. The Labute approximate surface area is 176 Å². The number of aromatic nitrogens is 1. The van der Waals surface area contributed by atoms with Gasteiger partial charge in [-0.3, -0.25) is 9.47 Å². The summed E-state index contributed by atoms with van der Waals surface area (Å²) in [6.07, 6.45) is 4.38. The van der Waals surface area contributed by atoms with E-state index in [4.69, 9.17) is 21.1 Å². The van der Waals surface area contributed by atoms with Crippen molar-refractivity contribution in [3.63, 3.8) is 0 Å². The van der Waals surface area contributed by atoms with E-state index in [-0.39, 0.29) is 5.88 Å². The van der Waals surface area contributed by atoms with Crippen LogP contribution in [0.3, 0.4) is 0 Å². The van der Waals surface area contributed by atoms with Crippen LogP contribution in [-0.4, -0.2) is 47.9 Å². The van der Waals surface area contributed by atoms with Gasteiger partial charge in [0.15, 0.2) is 11.5 Å². The molecule has 0 aliphatic carbocycles. The predicted molar refractivity (Wildman–Crippen MR) is 117 cm³/mol. The zero-order valence-corrected chi connectivity index (χ0v) is 17.7. The molecule has 154 valence electrons. The monoisotopic (exact) mass is 414 g/mol. The molecular weight excluding hydrogens is 388 g/mol. The summed E-state index contributed by atoms with van der Waals surface area (Å²) in [6.45, 7) is 6.07. The quantitative estimate of drug-likeness (QED) is 0.609. The molecule has 0 unspecified atom stereocenters. The van der Waals surface area contributed by atoms with Gasteiger partial charge in [-0.1, -0.05) is 30.7 Å². The van der Waals surface area contributed by atoms with Gasteiger partial charge in [-0.05, 0) is 50.0 Å². The summed E-state index contributed by atoms with van der Waals surface area (Å²) < 4.78 is 13.3. The molecule has 1 aliphatic rings. The molecule has 0 radical (unpaired) electrons. The van der Waals surface area contributed by atoms with Crippen LogP contribution in [0.1, 0.15) is 19.8 Å². The Balaban J connectivity index is 1.54. The van der Waals surface area contributed by atoms with Gasteiger partial charge >= 0.3 is 0 Å². The maximum Gasteiger partial charge on any atom is 0.205 e. The van der Waals surface area contributed by atoms with Crippen molar-refractivity contribution in [3.8, 4) is 23.1 Å². The second-order valence-electron chi connectivity index (χ2n) is 7.73. The van der Waals surface area contributed by atoms with Gasteiger partial charge in [0.2, 0.25) is 5.88 Å². The van der Waals surface area contributed by atoms with Crippen molar-refractivity contribution in [1.29, 1.82) is 0 Å². The topological polar surface area (TPSA) is 46.9 Å². The lowest BCUT2D eigenvalue weighted by molar-refractivity contribution is 0.158. The Hall–Kier alpha value is -2.37. The van der Waals surface area contributed by atoms with Crippen molar-refractivity contribution >= 4 is 22.4 Å². The number of piperidine rings is 1. The average Bonchev–Trinajstić information content (AvgIpc) is 3.07. The number of fused-ring (bicyclic) bond motifs is 1. The van der Waals surface area contributed by atoms with E-state index in [9.17, 15) is 5.11 Å². The number of halogens is 1. The third-order valence-corrected chi connectivity index (χ3v) is 6.05. The summed E-state index contributed by atoms with van der Waals surface area (Å²) in [6, 6.07) is 11.2. The molecule has 0 bridgehead atoms. The van der Waals surface area contributed by atoms with E-state index in [1.54, 1.807) is 17.7 Å². The molecule has 6 heteroatoms. The molecule has 2 heterocycles. The van der Waals surface area contributed by atoms with Crippen LogP contribution >= 0.6 is 11.6 Å². The number of hydrogen-bond acceptors (Lipinski definition) is 4. The van der Waals surface area contributed by atoms with E-state index < -0.39 is 0 Å². The summed E-state index contributed by atoms with van der Waals surface area (Å²) >= 11 is 6.27. The average molecular weight is 415 g/mol. The van der Waals surface area contributed by atoms with Gasteiger partial charge in [0, 0.05) is 24.2 Å². The van der Waals surface area contributed by atoms with E-state index in [0.717, 1.165) is 36.6 Å². The fourth-order valence-corrected chi connectivity index (χ4v) is 4.17. The molecular formula is C23H27ClN2O3. The van der Waals surface area contributed by atoms with Crippen molar-refractivity contribution in [2.24, 2.45) is 5.92 Å². The second kappa shape index (κ2) is 8.56. The summed E-state index contributed by atoms with van der Waals surface area (Å²) in [5.74, 6) is 2.28. The van der Waals surface area contributed by atoms with Gasteiger partial charge in [0.25, 0.3) is 0 Å². The molecule has 1 aliphatic heterocycles. The van der Waals surface area contributed by atoms with Crippen molar-refractivity contribution in [2.75, 3.05) is 33.4 Å². The lowest BCUT2D eigenvalue weighted by atomic mass is 9.99. The highest BCUT2D eigenvalue weighted by atomic mass is 35.5.